The molecule has 0 aliphatic rings. The Kier molecular flexibility index (Phi) is 4.89. The number of fused-ring (bicyclic) bond motifs is 1. The minimum atomic E-state index is -0.303. The molecule has 0 aliphatic heterocycles. The summed E-state index contributed by atoms with van der Waals surface area (Å²) in [6, 6.07) is 22.5. The van der Waals surface area contributed by atoms with E-state index >= 15 is 0 Å². The van der Waals surface area contributed by atoms with E-state index < -0.39 is 0 Å². The molecule has 1 aromatic heterocycles. The van der Waals surface area contributed by atoms with Crippen LogP contribution in [0.4, 0.5) is 5.69 Å². The Morgan fingerprint density at radius 3 is 2.71 bits per heavy atom. The largest absolute Gasteiger partial charge is 0.455 e. The summed E-state index contributed by atoms with van der Waals surface area (Å²) in [6.45, 7) is 2.00. The predicted octanol–water partition coefficient (Wildman–Crippen LogP) is 5.58. The molecule has 3 aromatic carbocycles. The molecule has 0 spiro atoms. The zero-order valence-electron chi connectivity index (χ0n) is 15.3. The Hall–Kier alpha value is -3.86. The number of aryl methyl sites for hydroxylation is 1. The van der Waals surface area contributed by atoms with Crippen LogP contribution in [0.1, 0.15) is 11.5 Å². The lowest BCUT2D eigenvalue weighted by atomic mass is 10.2. The van der Waals surface area contributed by atoms with Gasteiger partial charge in [0, 0.05) is 12.2 Å². The summed E-state index contributed by atoms with van der Waals surface area (Å²) in [5, 5.41) is 2.83. The molecule has 0 unspecified atom stereocenters. The van der Waals surface area contributed by atoms with Crippen LogP contribution in [0.15, 0.2) is 83.3 Å². The van der Waals surface area contributed by atoms with Gasteiger partial charge in [-0.1, -0.05) is 36.4 Å². The normalized spacial score (nSPS) is 11.0. The molecule has 4 rings (SSSR count). The average Bonchev–Trinajstić information content (AvgIpc) is 3.11. The second-order valence-corrected chi connectivity index (χ2v) is 6.26. The molecular formula is C23H18N2O3. The summed E-state index contributed by atoms with van der Waals surface area (Å²) < 4.78 is 11.5. The number of rotatable bonds is 5. The summed E-state index contributed by atoms with van der Waals surface area (Å²) in [7, 11) is 0. The van der Waals surface area contributed by atoms with Crippen molar-refractivity contribution in [3.05, 3.63) is 90.3 Å². The number of nitrogens with zero attached hydrogens (tertiary/aromatic N) is 1. The van der Waals surface area contributed by atoms with Crippen molar-refractivity contribution in [2.24, 2.45) is 0 Å². The lowest BCUT2D eigenvalue weighted by Gasteiger charge is -2.11. The first-order valence-corrected chi connectivity index (χ1v) is 8.85. The van der Waals surface area contributed by atoms with Crippen molar-refractivity contribution in [1.82, 2.24) is 4.98 Å². The van der Waals surface area contributed by atoms with E-state index in [9.17, 15) is 4.79 Å². The van der Waals surface area contributed by atoms with Crippen molar-refractivity contribution in [1.29, 1.82) is 0 Å². The number of carbonyl (C=O) groups is 1. The van der Waals surface area contributed by atoms with Gasteiger partial charge < -0.3 is 14.5 Å². The SMILES string of the molecule is Cc1cccc(Oc2ccccc2NC(=O)C=Cc2nc3ccccc3o2)c1. The van der Waals surface area contributed by atoms with Crippen molar-refractivity contribution >= 4 is 28.8 Å². The molecule has 0 bridgehead atoms. The van der Waals surface area contributed by atoms with Crippen LogP contribution < -0.4 is 10.1 Å². The maximum Gasteiger partial charge on any atom is 0.248 e. The molecule has 28 heavy (non-hydrogen) atoms. The molecule has 5 nitrogen and oxygen atoms in total. The van der Waals surface area contributed by atoms with Crippen LogP contribution in [-0.4, -0.2) is 10.9 Å². The number of hydrogen-bond donors (Lipinski definition) is 1. The Labute approximate surface area is 162 Å². The number of hydrogen-bond acceptors (Lipinski definition) is 4. The molecule has 138 valence electrons. The molecule has 4 aromatic rings. The second kappa shape index (κ2) is 7.80. The lowest BCUT2D eigenvalue weighted by Crippen LogP contribution is -2.08. The predicted molar refractivity (Wildman–Crippen MR) is 109 cm³/mol. The van der Waals surface area contributed by atoms with E-state index in [4.69, 9.17) is 9.15 Å². The fourth-order valence-corrected chi connectivity index (χ4v) is 2.75. The number of para-hydroxylation sites is 4. The Morgan fingerprint density at radius 2 is 1.86 bits per heavy atom. The van der Waals surface area contributed by atoms with Crippen molar-refractivity contribution in [2.75, 3.05) is 5.32 Å². The third-order valence-corrected chi connectivity index (χ3v) is 4.05. The average molecular weight is 370 g/mol. The molecule has 1 N–H and O–H groups in total. The van der Waals surface area contributed by atoms with E-state index in [1.165, 1.54) is 6.08 Å². The monoisotopic (exact) mass is 370 g/mol. The molecule has 0 saturated carbocycles. The number of anilines is 1. The highest BCUT2D eigenvalue weighted by atomic mass is 16.5. The minimum absolute atomic E-state index is 0.303. The molecule has 0 fully saturated rings. The van der Waals surface area contributed by atoms with E-state index in [1.54, 1.807) is 12.1 Å². The van der Waals surface area contributed by atoms with Crippen LogP contribution >= 0.6 is 0 Å². The quantitative estimate of drug-likeness (QED) is 0.466. The zero-order valence-corrected chi connectivity index (χ0v) is 15.3. The molecule has 1 amide bonds. The van der Waals surface area contributed by atoms with Gasteiger partial charge in [0.25, 0.3) is 0 Å². The first-order valence-electron chi connectivity index (χ1n) is 8.85. The molecule has 0 radical (unpaired) electrons. The first kappa shape index (κ1) is 17.5. The maximum atomic E-state index is 12.3. The topological polar surface area (TPSA) is 64.4 Å². The number of benzene rings is 3. The van der Waals surface area contributed by atoms with Crippen LogP contribution in [0.2, 0.25) is 0 Å². The van der Waals surface area contributed by atoms with Crippen molar-refractivity contribution in [2.45, 2.75) is 6.92 Å². The standard InChI is InChI=1S/C23H18N2O3/c1-16-7-6-8-17(15-16)27-20-11-4-2-9-18(20)24-22(26)13-14-23-25-19-10-3-5-12-21(19)28-23/h2-15H,1H3,(H,24,26). The fourth-order valence-electron chi connectivity index (χ4n) is 2.75. The van der Waals surface area contributed by atoms with E-state index in [-0.39, 0.29) is 5.91 Å². The first-order chi connectivity index (χ1) is 13.7. The van der Waals surface area contributed by atoms with Crippen LogP contribution in [0.3, 0.4) is 0 Å². The fraction of sp³-hybridized carbons (Fsp3) is 0.0435. The highest BCUT2D eigenvalue weighted by Gasteiger charge is 2.08. The zero-order chi connectivity index (χ0) is 19.3. The number of nitrogens with one attached hydrogen (secondary N) is 1. The number of oxazole rings is 1. The van der Waals surface area contributed by atoms with Crippen molar-refractivity contribution < 1.29 is 13.9 Å². The van der Waals surface area contributed by atoms with Gasteiger partial charge in [-0.2, -0.15) is 0 Å². The highest BCUT2D eigenvalue weighted by molar-refractivity contribution is 6.02. The molecule has 1 heterocycles. The van der Waals surface area contributed by atoms with Gasteiger partial charge in [0.15, 0.2) is 11.3 Å². The third-order valence-electron chi connectivity index (χ3n) is 4.05. The summed E-state index contributed by atoms with van der Waals surface area (Å²) in [5.74, 6) is 1.35. The molecule has 0 saturated heterocycles. The van der Waals surface area contributed by atoms with Gasteiger partial charge in [0.1, 0.15) is 11.3 Å². The summed E-state index contributed by atoms with van der Waals surface area (Å²) in [4.78, 5) is 16.7. The third kappa shape index (κ3) is 4.10. The van der Waals surface area contributed by atoms with E-state index in [0.29, 0.717) is 28.7 Å². The van der Waals surface area contributed by atoms with Gasteiger partial charge in [0.2, 0.25) is 11.8 Å². The Bertz CT molecular complexity index is 1130. The van der Waals surface area contributed by atoms with Gasteiger partial charge in [-0.25, -0.2) is 4.98 Å². The van der Waals surface area contributed by atoms with Crippen LogP contribution in [0.25, 0.3) is 17.2 Å². The molecular weight excluding hydrogens is 352 g/mol. The Balaban J connectivity index is 1.48. The smallest absolute Gasteiger partial charge is 0.248 e. The van der Waals surface area contributed by atoms with E-state index in [1.807, 2.05) is 73.7 Å². The van der Waals surface area contributed by atoms with Gasteiger partial charge in [-0.05, 0) is 48.9 Å². The molecule has 0 atom stereocenters. The maximum absolute atomic E-state index is 12.3. The summed E-state index contributed by atoms with van der Waals surface area (Å²) in [6.07, 6.45) is 2.92. The molecule has 5 heteroatoms. The second-order valence-electron chi connectivity index (χ2n) is 6.26. The number of aromatic nitrogens is 1. The molecule has 0 aliphatic carbocycles. The summed E-state index contributed by atoms with van der Waals surface area (Å²) >= 11 is 0. The van der Waals surface area contributed by atoms with Crippen LogP contribution in [-0.2, 0) is 4.79 Å². The van der Waals surface area contributed by atoms with E-state index in [0.717, 1.165) is 11.1 Å². The lowest BCUT2D eigenvalue weighted by molar-refractivity contribution is -0.111. The van der Waals surface area contributed by atoms with E-state index in [2.05, 4.69) is 10.3 Å². The van der Waals surface area contributed by atoms with Crippen molar-refractivity contribution in [3.8, 4) is 11.5 Å². The number of ether oxygens (including phenoxy) is 1. The van der Waals surface area contributed by atoms with Crippen LogP contribution in [0, 0.1) is 6.92 Å². The number of amides is 1. The van der Waals surface area contributed by atoms with Crippen molar-refractivity contribution in [3.63, 3.8) is 0 Å². The number of carbonyl (C=O) groups excluding carboxylic acids is 1. The van der Waals surface area contributed by atoms with Crippen LogP contribution in [0.5, 0.6) is 11.5 Å². The van der Waals surface area contributed by atoms with Gasteiger partial charge in [0.05, 0.1) is 5.69 Å². The minimum Gasteiger partial charge on any atom is -0.455 e. The van der Waals surface area contributed by atoms with Gasteiger partial charge >= 0.3 is 0 Å². The van der Waals surface area contributed by atoms with Gasteiger partial charge in [-0.15, -0.1) is 0 Å². The van der Waals surface area contributed by atoms with Gasteiger partial charge in [-0.3, -0.25) is 4.79 Å². The Morgan fingerprint density at radius 1 is 1.04 bits per heavy atom. The highest BCUT2D eigenvalue weighted by Crippen LogP contribution is 2.29. The summed E-state index contributed by atoms with van der Waals surface area (Å²) in [5.41, 5.74) is 3.11.